The largest absolute Gasteiger partial charge is 0.507 e. The van der Waals surface area contributed by atoms with Crippen LogP contribution in [-0.2, 0) is 10.8 Å². The topological polar surface area (TPSA) is 76.7 Å². The summed E-state index contributed by atoms with van der Waals surface area (Å²) in [6, 6.07) is 11.4. The average Bonchev–Trinajstić information content (AvgIpc) is 3.27. The number of hydrogen-bond acceptors (Lipinski definition) is 6. The first kappa shape index (κ1) is 23.0. The number of nitrogens with zero attached hydrogens (tertiary/aromatic N) is 3. The van der Waals surface area contributed by atoms with Crippen LogP contribution in [0.3, 0.4) is 0 Å². The lowest BCUT2D eigenvalue weighted by Crippen LogP contribution is -2.24. The second-order valence-electron chi connectivity index (χ2n) is 10.2. The Balaban J connectivity index is 1.87. The van der Waals surface area contributed by atoms with Crippen molar-refractivity contribution < 1.29 is 9.84 Å². The number of thiazole rings is 1. The smallest absolute Gasteiger partial charge is 0.291 e. The molecule has 33 heavy (non-hydrogen) atoms. The fourth-order valence-electron chi connectivity index (χ4n) is 3.81. The van der Waals surface area contributed by atoms with Crippen molar-refractivity contribution in [1.82, 2.24) is 14.6 Å². The van der Waals surface area contributed by atoms with Crippen molar-refractivity contribution in [1.29, 1.82) is 0 Å². The van der Waals surface area contributed by atoms with Gasteiger partial charge in [0.05, 0.1) is 17.2 Å². The summed E-state index contributed by atoms with van der Waals surface area (Å²) in [4.78, 5) is 18.2. The Hall–Kier alpha value is -3.19. The normalized spacial score (nSPS) is 13.1. The zero-order valence-electron chi connectivity index (χ0n) is 20.1. The maximum Gasteiger partial charge on any atom is 0.291 e. The molecular weight excluding hydrogens is 434 g/mol. The molecule has 0 saturated heterocycles. The van der Waals surface area contributed by atoms with E-state index in [4.69, 9.17) is 4.74 Å². The molecule has 2 aromatic carbocycles. The molecule has 0 amide bonds. The summed E-state index contributed by atoms with van der Waals surface area (Å²) in [5.74, 6) is 1.43. The highest BCUT2D eigenvalue weighted by atomic mass is 32.1. The van der Waals surface area contributed by atoms with Crippen LogP contribution in [0.15, 0.2) is 41.2 Å². The third kappa shape index (κ3) is 4.25. The Labute approximate surface area is 197 Å². The molecule has 0 spiro atoms. The van der Waals surface area contributed by atoms with E-state index in [9.17, 15) is 9.90 Å². The monoisotopic (exact) mass is 463 g/mol. The first-order valence-corrected chi connectivity index (χ1v) is 11.6. The Morgan fingerprint density at radius 3 is 2.18 bits per heavy atom. The van der Waals surface area contributed by atoms with E-state index >= 15 is 0 Å². The average molecular weight is 464 g/mol. The highest BCUT2D eigenvalue weighted by Crippen LogP contribution is 2.40. The van der Waals surface area contributed by atoms with Gasteiger partial charge < -0.3 is 9.84 Å². The zero-order valence-corrected chi connectivity index (χ0v) is 20.9. The lowest BCUT2D eigenvalue weighted by atomic mass is 9.78. The second kappa shape index (κ2) is 7.99. The summed E-state index contributed by atoms with van der Waals surface area (Å²) in [5, 5.41) is 15.4. The summed E-state index contributed by atoms with van der Waals surface area (Å²) >= 11 is 1.30. The summed E-state index contributed by atoms with van der Waals surface area (Å²) < 4.78 is 7.29. The number of phenols is 1. The molecule has 7 heteroatoms. The molecule has 0 saturated carbocycles. The van der Waals surface area contributed by atoms with Crippen LogP contribution in [0.5, 0.6) is 11.5 Å². The van der Waals surface area contributed by atoms with E-state index < -0.39 is 0 Å². The Kier molecular flexibility index (Phi) is 5.56. The van der Waals surface area contributed by atoms with Gasteiger partial charge in [-0.05, 0) is 46.7 Å². The Bertz CT molecular complexity index is 1420. The lowest BCUT2D eigenvalue weighted by Gasteiger charge is -2.27. The van der Waals surface area contributed by atoms with Crippen molar-refractivity contribution in [2.75, 3.05) is 7.11 Å². The molecule has 0 atom stereocenters. The van der Waals surface area contributed by atoms with Gasteiger partial charge in [0.25, 0.3) is 5.56 Å². The van der Waals surface area contributed by atoms with Gasteiger partial charge in [0.15, 0.2) is 5.82 Å². The zero-order chi connectivity index (χ0) is 24.1. The van der Waals surface area contributed by atoms with Gasteiger partial charge in [-0.1, -0.05) is 65.0 Å². The molecule has 4 aromatic rings. The Morgan fingerprint density at radius 2 is 1.64 bits per heavy atom. The van der Waals surface area contributed by atoms with E-state index in [1.807, 2.05) is 42.5 Å². The SMILES string of the molecule is COc1ccccc1-c1nc2s/c(=C/c3cc(C(C)(C)C)c(O)c(C(C)(C)C)c3)c(=O)n2n1. The molecule has 2 aromatic heterocycles. The highest BCUT2D eigenvalue weighted by molar-refractivity contribution is 7.15. The van der Waals surface area contributed by atoms with Gasteiger partial charge in [-0.3, -0.25) is 4.79 Å². The minimum atomic E-state index is -0.247. The lowest BCUT2D eigenvalue weighted by molar-refractivity contribution is 0.416. The number of methoxy groups -OCH3 is 1. The second-order valence-corrected chi connectivity index (χ2v) is 11.2. The fourth-order valence-corrected chi connectivity index (χ4v) is 4.72. The van der Waals surface area contributed by atoms with E-state index in [1.165, 1.54) is 15.9 Å². The van der Waals surface area contributed by atoms with Crippen LogP contribution in [0, 0.1) is 0 Å². The van der Waals surface area contributed by atoms with Crippen molar-refractivity contribution in [3.63, 3.8) is 0 Å². The maximum absolute atomic E-state index is 13.1. The van der Waals surface area contributed by atoms with Crippen LogP contribution in [-0.4, -0.2) is 26.8 Å². The maximum atomic E-state index is 13.1. The molecule has 0 bridgehead atoms. The molecular formula is C26H29N3O3S. The summed E-state index contributed by atoms with van der Waals surface area (Å²) in [7, 11) is 1.60. The Morgan fingerprint density at radius 1 is 1.03 bits per heavy atom. The molecule has 6 nitrogen and oxygen atoms in total. The highest BCUT2D eigenvalue weighted by Gasteiger charge is 2.26. The fraction of sp³-hybridized carbons (Fsp3) is 0.346. The third-order valence-electron chi connectivity index (χ3n) is 5.58. The van der Waals surface area contributed by atoms with Gasteiger partial charge in [-0.15, -0.1) is 5.10 Å². The van der Waals surface area contributed by atoms with Crippen LogP contribution in [0.25, 0.3) is 22.4 Å². The number of phenolic OH excluding ortho intramolecular Hbond substituents is 1. The summed E-state index contributed by atoms with van der Waals surface area (Å²) in [5.41, 5.74) is 2.61. The first-order valence-electron chi connectivity index (χ1n) is 10.8. The van der Waals surface area contributed by atoms with Crippen molar-refractivity contribution in [2.45, 2.75) is 52.4 Å². The number of ether oxygens (including phenoxy) is 1. The van der Waals surface area contributed by atoms with Crippen LogP contribution < -0.4 is 14.8 Å². The number of rotatable bonds is 3. The molecule has 0 fully saturated rings. The number of benzene rings is 2. The van der Waals surface area contributed by atoms with Gasteiger partial charge in [0.1, 0.15) is 11.5 Å². The first-order chi connectivity index (χ1) is 15.4. The molecule has 172 valence electrons. The van der Waals surface area contributed by atoms with Crippen LogP contribution >= 0.6 is 11.3 Å². The van der Waals surface area contributed by atoms with E-state index in [1.54, 1.807) is 7.11 Å². The molecule has 0 aliphatic carbocycles. The molecule has 2 heterocycles. The van der Waals surface area contributed by atoms with E-state index in [0.717, 1.165) is 22.3 Å². The minimum absolute atomic E-state index is 0.216. The van der Waals surface area contributed by atoms with E-state index in [2.05, 4.69) is 51.6 Å². The molecule has 4 rings (SSSR count). The van der Waals surface area contributed by atoms with E-state index in [-0.39, 0.29) is 16.4 Å². The van der Waals surface area contributed by atoms with Gasteiger partial charge in [0.2, 0.25) is 4.96 Å². The predicted molar refractivity (Wildman–Crippen MR) is 133 cm³/mol. The third-order valence-corrected chi connectivity index (χ3v) is 6.53. The standard InChI is InChI=1S/C26H29N3O3S/c1-25(2,3)17-12-15(13-18(21(17)30)26(4,5)6)14-20-23(31)29-24(33-20)27-22(28-29)16-10-8-9-11-19(16)32-7/h8-14,30H,1-7H3/b20-14+. The van der Waals surface area contributed by atoms with E-state index in [0.29, 0.717) is 26.8 Å². The van der Waals surface area contributed by atoms with Gasteiger partial charge in [-0.25, -0.2) is 0 Å². The number of aromatic nitrogens is 3. The van der Waals surface area contributed by atoms with Crippen molar-refractivity contribution in [2.24, 2.45) is 0 Å². The number of para-hydroxylation sites is 1. The van der Waals surface area contributed by atoms with Crippen LogP contribution in [0.2, 0.25) is 0 Å². The minimum Gasteiger partial charge on any atom is -0.507 e. The molecule has 0 unspecified atom stereocenters. The quantitative estimate of drug-likeness (QED) is 0.478. The molecule has 1 N–H and O–H groups in total. The molecule has 0 aliphatic heterocycles. The van der Waals surface area contributed by atoms with Crippen LogP contribution in [0.1, 0.15) is 58.2 Å². The number of fused-ring (bicyclic) bond motifs is 1. The van der Waals surface area contributed by atoms with Crippen molar-refractivity contribution >= 4 is 22.4 Å². The number of aromatic hydroxyl groups is 1. The predicted octanol–water partition coefficient (Wildman–Crippen LogP) is 4.67. The van der Waals surface area contributed by atoms with Gasteiger partial charge >= 0.3 is 0 Å². The van der Waals surface area contributed by atoms with Crippen LogP contribution in [0.4, 0.5) is 0 Å². The molecule has 0 radical (unpaired) electrons. The van der Waals surface area contributed by atoms with Crippen molar-refractivity contribution in [3.05, 3.63) is 68.0 Å². The number of hydrogen-bond donors (Lipinski definition) is 1. The van der Waals surface area contributed by atoms with Gasteiger partial charge in [0, 0.05) is 11.1 Å². The van der Waals surface area contributed by atoms with Crippen molar-refractivity contribution in [3.8, 4) is 22.9 Å². The summed E-state index contributed by atoms with van der Waals surface area (Å²) in [6.45, 7) is 12.4. The van der Waals surface area contributed by atoms with Gasteiger partial charge in [-0.2, -0.15) is 9.50 Å². The summed E-state index contributed by atoms with van der Waals surface area (Å²) in [6.07, 6.45) is 1.86. The molecule has 0 aliphatic rings.